The molecule has 138 valence electrons. The van der Waals surface area contributed by atoms with E-state index in [-0.39, 0.29) is 24.5 Å². The molecular formula is C20H19FN4O2. The maximum atomic E-state index is 12.9. The van der Waals surface area contributed by atoms with Crippen molar-refractivity contribution in [3.63, 3.8) is 0 Å². The fourth-order valence-corrected chi connectivity index (χ4v) is 3.06. The third-order valence-corrected chi connectivity index (χ3v) is 4.57. The Kier molecular flexibility index (Phi) is 5.77. The molecule has 0 atom stereocenters. The second kappa shape index (κ2) is 8.41. The van der Waals surface area contributed by atoms with Gasteiger partial charge in [-0.05, 0) is 36.4 Å². The molecule has 3 rings (SSSR count). The molecule has 0 bridgehead atoms. The van der Waals surface area contributed by atoms with Gasteiger partial charge in [-0.1, -0.05) is 0 Å². The van der Waals surface area contributed by atoms with Crippen molar-refractivity contribution in [1.82, 2.24) is 9.88 Å². The molecule has 1 aromatic carbocycles. The van der Waals surface area contributed by atoms with Crippen LogP contribution in [0.5, 0.6) is 0 Å². The first kappa shape index (κ1) is 18.5. The van der Waals surface area contributed by atoms with Crippen LogP contribution in [0.1, 0.15) is 28.8 Å². The lowest BCUT2D eigenvalue weighted by atomic mass is 10.1. The number of hydrogen-bond acceptors (Lipinski definition) is 5. The summed E-state index contributed by atoms with van der Waals surface area (Å²) in [5.41, 5.74) is 0.926. The van der Waals surface area contributed by atoms with E-state index in [4.69, 9.17) is 0 Å². The molecule has 0 spiro atoms. The molecule has 0 unspecified atom stereocenters. The molecule has 0 N–H and O–H groups in total. The molecule has 1 saturated heterocycles. The fourth-order valence-electron chi connectivity index (χ4n) is 3.06. The van der Waals surface area contributed by atoms with E-state index < -0.39 is 5.82 Å². The summed E-state index contributed by atoms with van der Waals surface area (Å²) in [6.45, 7) is 2.21. The van der Waals surface area contributed by atoms with Crippen LogP contribution >= 0.6 is 0 Å². The Morgan fingerprint density at radius 2 is 1.78 bits per heavy atom. The minimum absolute atomic E-state index is 0.0772. The van der Waals surface area contributed by atoms with E-state index in [9.17, 15) is 19.2 Å². The average molecular weight is 366 g/mol. The van der Waals surface area contributed by atoms with E-state index in [1.54, 1.807) is 23.2 Å². The molecule has 1 aliphatic rings. The Balaban J connectivity index is 1.50. The van der Waals surface area contributed by atoms with Gasteiger partial charge in [0.05, 0.1) is 5.56 Å². The van der Waals surface area contributed by atoms with E-state index in [0.717, 1.165) is 0 Å². The first-order chi connectivity index (χ1) is 13.1. The normalized spacial score (nSPS) is 13.9. The predicted octanol–water partition coefficient (Wildman–Crippen LogP) is 2.40. The number of pyridine rings is 1. The molecule has 27 heavy (non-hydrogen) atoms. The van der Waals surface area contributed by atoms with Crippen molar-refractivity contribution in [2.45, 2.75) is 12.8 Å². The number of halogens is 1. The number of carbonyl (C=O) groups excluding carboxylic acids is 2. The maximum Gasteiger partial charge on any atom is 0.223 e. The van der Waals surface area contributed by atoms with Crippen LogP contribution in [0.3, 0.4) is 0 Å². The highest BCUT2D eigenvalue weighted by Crippen LogP contribution is 2.18. The second-order valence-electron chi connectivity index (χ2n) is 6.28. The number of Topliss-reactive ketones (excluding diaryl/α,β-unsaturated/α-hetero) is 1. The SMILES string of the molecule is N#Cc1cccnc1N1CCN(C(=O)CCC(=O)c2ccc(F)cc2)CC1. The van der Waals surface area contributed by atoms with Gasteiger partial charge in [0.2, 0.25) is 5.91 Å². The molecular weight excluding hydrogens is 347 g/mol. The number of anilines is 1. The van der Waals surface area contributed by atoms with Gasteiger partial charge >= 0.3 is 0 Å². The Morgan fingerprint density at radius 3 is 2.44 bits per heavy atom. The largest absolute Gasteiger partial charge is 0.352 e. The van der Waals surface area contributed by atoms with Gasteiger partial charge < -0.3 is 9.80 Å². The molecule has 2 heterocycles. The van der Waals surface area contributed by atoms with E-state index in [1.165, 1.54) is 24.3 Å². The molecule has 0 aliphatic carbocycles. The molecule has 6 nitrogen and oxygen atoms in total. The Morgan fingerprint density at radius 1 is 1.07 bits per heavy atom. The van der Waals surface area contributed by atoms with E-state index >= 15 is 0 Å². The summed E-state index contributed by atoms with van der Waals surface area (Å²) in [6.07, 6.45) is 1.88. The van der Waals surface area contributed by atoms with Crippen LogP contribution in [0.4, 0.5) is 10.2 Å². The number of piperazine rings is 1. The minimum Gasteiger partial charge on any atom is -0.352 e. The van der Waals surface area contributed by atoms with Gasteiger partial charge in [0.1, 0.15) is 17.7 Å². The van der Waals surface area contributed by atoms with Gasteiger partial charge in [-0.3, -0.25) is 9.59 Å². The molecule has 1 fully saturated rings. The number of nitrogens with zero attached hydrogens (tertiary/aromatic N) is 4. The maximum absolute atomic E-state index is 12.9. The van der Waals surface area contributed by atoms with E-state index in [0.29, 0.717) is 43.1 Å². The zero-order chi connectivity index (χ0) is 19.2. The number of nitriles is 1. The lowest BCUT2D eigenvalue weighted by Gasteiger charge is -2.35. The first-order valence-electron chi connectivity index (χ1n) is 8.75. The fraction of sp³-hybridized carbons (Fsp3) is 0.300. The number of benzene rings is 1. The summed E-state index contributed by atoms with van der Waals surface area (Å²) >= 11 is 0. The lowest BCUT2D eigenvalue weighted by molar-refractivity contribution is -0.131. The summed E-state index contributed by atoms with van der Waals surface area (Å²) in [5.74, 6) is -0.00711. The van der Waals surface area contributed by atoms with Crippen molar-refractivity contribution in [1.29, 1.82) is 5.26 Å². The third-order valence-electron chi connectivity index (χ3n) is 4.57. The number of aromatic nitrogens is 1. The van der Waals surface area contributed by atoms with Crippen LogP contribution in [0, 0.1) is 17.1 Å². The van der Waals surface area contributed by atoms with Gasteiger partial charge in [-0.25, -0.2) is 9.37 Å². The van der Waals surface area contributed by atoms with Gasteiger partial charge in [-0.2, -0.15) is 5.26 Å². The van der Waals surface area contributed by atoms with Gasteiger partial charge in [0.15, 0.2) is 5.78 Å². The molecule has 1 aromatic heterocycles. The van der Waals surface area contributed by atoms with Gasteiger partial charge in [-0.15, -0.1) is 0 Å². The Hall–Kier alpha value is -3.27. The molecule has 1 aliphatic heterocycles. The number of hydrogen-bond donors (Lipinski definition) is 0. The topological polar surface area (TPSA) is 77.3 Å². The van der Waals surface area contributed by atoms with Crippen molar-refractivity contribution in [3.8, 4) is 6.07 Å². The number of rotatable bonds is 5. The predicted molar refractivity (Wildman–Crippen MR) is 97.7 cm³/mol. The summed E-state index contributed by atoms with van der Waals surface area (Å²) in [5, 5.41) is 9.19. The second-order valence-corrected chi connectivity index (χ2v) is 6.28. The highest BCUT2D eigenvalue weighted by molar-refractivity contribution is 5.97. The number of amides is 1. The Bertz CT molecular complexity index is 868. The van der Waals surface area contributed by atoms with E-state index in [1.807, 2.05) is 4.90 Å². The quantitative estimate of drug-likeness (QED) is 0.760. The van der Waals surface area contributed by atoms with Crippen molar-refractivity contribution < 1.29 is 14.0 Å². The molecule has 2 aromatic rings. The van der Waals surface area contributed by atoms with Crippen LogP contribution in [-0.2, 0) is 4.79 Å². The van der Waals surface area contributed by atoms with Crippen LogP contribution in [0.25, 0.3) is 0 Å². The monoisotopic (exact) mass is 366 g/mol. The first-order valence-corrected chi connectivity index (χ1v) is 8.75. The van der Waals surface area contributed by atoms with Crippen LogP contribution in [-0.4, -0.2) is 47.8 Å². The molecule has 0 saturated carbocycles. The summed E-state index contributed by atoms with van der Waals surface area (Å²) < 4.78 is 12.9. The van der Waals surface area contributed by atoms with E-state index in [2.05, 4.69) is 11.1 Å². The zero-order valence-electron chi connectivity index (χ0n) is 14.8. The number of ketones is 1. The summed E-state index contributed by atoms with van der Waals surface area (Å²) in [7, 11) is 0. The molecule has 1 amide bonds. The summed E-state index contributed by atoms with van der Waals surface area (Å²) in [4.78, 5) is 32.5. The summed E-state index contributed by atoms with van der Waals surface area (Å²) in [6, 6.07) is 10.9. The standard InChI is InChI=1S/C20H19FN4O2/c21-17-5-3-15(4-6-17)18(26)7-8-19(27)24-10-12-25(13-11-24)20-16(14-22)2-1-9-23-20/h1-6,9H,7-8,10-13H2. The molecule has 0 radical (unpaired) electrons. The minimum atomic E-state index is -0.395. The van der Waals surface area contributed by atoms with Crippen LogP contribution in [0.2, 0.25) is 0 Å². The van der Waals surface area contributed by atoms with Gasteiger partial charge in [0, 0.05) is 50.8 Å². The average Bonchev–Trinajstić information content (AvgIpc) is 2.72. The zero-order valence-corrected chi connectivity index (χ0v) is 14.8. The van der Waals surface area contributed by atoms with Crippen molar-refractivity contribution in [3.05, 3.63) is 59.5 Å². The lowest BCUT2D eigenvalue weighted by Crippen LogP contribution is -2.49. The number of carbonyl (C=O) groups is 2. The highest BCUT2D eigenvalue weighted by Gasteiger charge is 2.23. The van der Waals surface area contributed by atoms with Crippen molar-refractivity contribution in [2.24, 2.45) is 0 Å². The smallest absolute Gasteiger partial charge is 0.223 e. The highest BCUT2D eigenvalue weighted by atomic mass is 19.1. The van der Waals surface area contributed by atoms with Crippen LogP contribution in [0.15, 0.2) is 42.6 Å². The van der Waals surface area contributed by atoms with Crippen LogP contribution < -0.4 is 4.90 Å². The molecule has 7 heteroatoms. The van der Waals surface area contributed by atoms with Gasteiger partial charge in [0.25, 0.3) is 0 Å². The van der Waals surface area contributed by atoms with Crippen molar-refractivity contribution >= 4 is 17.5 Å². The Labute approximate surface area is 156 Å². The third kappa shape index (κ3) is 4.47. The van der Waals surface area contributed by atoms with Crippen molar-refractivity contribution in [2.75, 3.05) is 31.1 Å².